The Morgan fingerprint density at radius 1 is 1.47 bits per heavy atom. The Morgan fingerprint density at radius 2 is 2.18 bits per heavy atom. The van der Waals surface area contributed by atoms with E-state index in [1.54, 1.807) is 0 Å². The number of hydrogen-bond acceptors (Lipinski definition) is 2. The summed E-state index contributed by atoms with van der Waals surface area (Å²) in [6.07, 6.45) is 5.38. The van der Waals surface area contributed by atoms with Crippen molar-refractivity contribution < 1.29 is 0 Å². The first kappa shape index (κ1) is 13.7. The molecule has 1 nitrogen and oxygen atoms in total. The fraction of sp³-hybridized carbons (Fsp3) is 0.692. The summed E-state index contributed by atoms with van der Waals surface area (Å²) in [5, 5.41) is 3.61. The monoisotopic (exact) mass is 291 g/mol. The van der Waals surface area contributed by atoms with Crippen LogP contribution in [0.3, 0.4) is 0 Å². The van der Waals surface area contributed by atoms with Crippen LogP contribution >= 0.6 is 34.5 Å². The zero-order chi connectivity index (χ0) is 12.5. The second-order valence-electron chi connectivity index (χ2n) is 5.09. The quantitative estimate of drug-likeness (QED) is 0.778. The number of nitrogens with one attached hydrogen (secondary N) is 1. The average Bonchev–Trinajstić information content (AvgIpc) is 2.57. The van der Waals surface area contributed by atoms with Gasteiger partial charge in [0.05, 0.1) is 8.67 Å². The second kappa shape index (κ2) is 5.48. The first-order valence-electron chi connectivity index (χ1n) is 6.24. The summed E-state index contributed by atoms with van der Waals surface area (Å²) in [7, 11) is 0. The molecule has 1 heterocycles. The van der Waals surface area contributed by atoms with Crippen molar-refractivity contribution in [3.8, 4) is 0 Å². The van der Waals surface area contributed by atoms with Crippen LogP contribution in [0.1, 0.15) is 51.1 Å². The van der Waals surface area contributed by atoms with Gasteiger partial charge in [-0.1, -0.05) is 36.5 Å². The molecule has 1 aromatic rings. The van der Waals surface area contributed by atoms with Crippen LogP contribution < -0.4 is 5.32 Å². The Bertz CT molecular complexity index is 379. The van der Waals surface area contributed by atoms with Crippen LogP contribution in [0.4, 0.5) is 0 Å². The van der Waals surface area contributed by atoms with Gasteiger partial charge in [-0.25, -0.2) is 0 Å². The Morgan fingerprint density at radius 3 is 2.59 bits per heavy atom. The van der Waals surface area contributed by atoms with Gasteiger partial charge in [0.2, 0.25) is 0 Å². The van der Waals surface area contributed by atoms with E-state index in [0.29, 0.717) is 5.41 Å². The SMILES string of the molecule is CCC1(CNC(C)c2cc(Cl)sc2Cl)CCC1. The molecule has 1 aromatic heterocycles. The molecule has 96 valence electrons. The lowest BCUT2D eigenvalue weighted by atomic mass is 9.67. The van der Waals surface area contributed by atoms with Crippen molar-refractivity contribution in [2.75, 3.05) is 6.54 Å². The van der Waals surface area contributed by atoms with Gasteiger partial charge < -0.3 is 5.32 Å². The highest BCUT2D eigenvalue weighted by Crippen LogP contribution is 2.43. The minimum absolute atomic E-state index is 0.287. The fourth-order valence-corrected chi connectivity index (χ4v) is 4.11. The molecule has 0 bridgehead atoms. The maximum Gasteiger partial charge on any atom is 0.0991 e. The molecular weight excluding hydrogens is 273 g/mol. The molecule has 0 radical (unpaired) electrons. The highest BCUT2D eigenvalue weighted by molar-refractivity contribution is 7.20. The molecule has 1 aliphatic rings. The van der Waals surface area contributed by atoms with Gasteiger partial charge in [-0.2, -0.15) is 0 Å². The third-order valence-corrected chi connectivity index (χ3v) is 5.62. The van der Waals surface area contributed by atoms with Crippen molar-refractivity contribution in [1.82, 2.24) is 5.32 Å². The van der Waals surface area contributed by atoms with Gasteiger partial charge in [0.1, 0.15) is 0 Å². The van der Waals surface area contributed by atoms with Gasteiger partial charge in [-0.15, -0.1) is 11.3 Å². The van der Waals surface area contributed by atoms with Crippen molar-refractivity contribution in [2.24, 2.45) is 5.41 Å². The molecule has 1 unspecified atom stereocenters. The predicted octanol–water partition coefficient (Wildman–Crippen LogP) is 5.29. The number of halogens is 2. The maximum absolute atomic E-state index is 6.17. The summed E-state index contributed by atoms with van der Waals surface area (Å²) >= 11 is 13.6. The zero-order valence-corrected chi connectivity index (χ0v) is 12.7. The van der Waals surface area contributed by atoms with E-state index in [4.69, 9.17) is 23.2 Å². The van der Waals surface area contributed by atoms with Gasteiger partial charge in [-0.3, -0.25) is 0 Å². The summed E-state index contributed by atoms with van der Waals surface area (Å²) < 4.78 is 1.58. The summed E-state index contributed by atoms with van der Waals surface area (Å²) in [5.41, 5.74) is 1.67. The first-order chi connectivity index (χ1) is 8.06. The third kappa shape index (κ3) is 2.98. The molecule has 1 fully saturated rings. The Kier molecular flexibility index (Phi) is 4.40. The number of hydrogen-bond donors (Lipinski definition) is 1. The minimum atomic E-state index is 0.287. The molecule has 1 N–H and O–H groups in total. The van der Waals surface area contributed by atoms with Crippen molar-refractivity contribution in [2.45, 2.75) is 45.6 Å². The smallest absolute Gasteiger partial charge is 0.0991 e. The Labute approximate surface area is 118 Å². The molecule has 2 rings (SSSR count). The van der Waals surface area contributed by atoms with Crippen molar-refractivity contribution in [1.29, 1.82) is 0 Å². The van der Waals surface area contributed by atoms with Gasteiger partial charge in [0.15, 0.2) is 0 Å². The van der Waals surface area contributed by atoms with Gasteiger partial charge in [0, 0.05) is 12.6 Å². The van der Waals surface area contributed by atoms with Gasteiger partial charge >= 0.3 is 0 Å². The molecule has 0 spiro atoms. The highest BCUT2D eigenvalue weighted by Gasteiger charge is 2.35. The van der Waals surface area contributed by atoms with Crippen LogP contribution in [-0.4, -0.2) is 6.54 Å². The van der Waals surface area contributed by atoms with E-state index >= 15 is 0 Å². The van der Waals surface area contributed by atoms with Crippen molar-refractivity contribution in [3.63, 3.8) is 0 Å². The summed E-state index contributed by atoms with van der Waals surface area (Å²) in [5.74, 6) is 0. The van der Waals surface area contributed by atoms with Crippen LogP contribution in [0.25, 0.3) is 0 Å². The van der Waals surface area contributed by atoms with E-state index in [0.717, 1.165) is 20.8 Å². The van der Waals surface area contributed by atoms with E-state index in [1.807, 2.05) is 6.07 Å². The van der Waals surface area contributed by atoms with Crippen LogP contribution in [0, 0.1) is 5.41 Å². The molecule has 0 aliphatic heterocycles. The van der Waals surface area contributed by atoms with E-state index in [9.17, 15) is 0 Å². The average molecular weight is 292 g/mol. The van der Waals surface area contributed by atoms with Crippen LogP contribution in [0.2, 0.25) is 8.67 Å². The van der Waals surface area contributed by atoms with E-state index in [-0.39, 0.29) is 6.04 Å². The van der Waals surface area contributed by atoms with Crippen molar-refractivity contribution >= 4 is 34.5 Å². The minimum Gasteiger partial charge on any atom is -0.310 e. The largest absolute Gasteiger partial charge is 0.310 e. The lowest BCUT2D eigenvalue weighted by Gasteiger charge is -2.42. The molecular formula is C13H19Cl2NS. The second-order valence-corrected chi connectivity index (χ2v) is 7.37. The molecule has 17 heavy (non-hydrogen) atoms. The molecule has 1 atom stereocenters. The Balaban J connectivity index is 1.93. The molecule has 4 heteroatoms. The highest BCUT2D eigenvalue weighted by atomic mass is 35.5. The van der Waals surface area contributed by atoms with E-state index in [1.165, 1.54) is 37.0 Å². The fourth-order valence-electron chi connectivity index (χ4n) is 2.46. The normalized spacial score (nSPS) is 20.0. The predicted molar refractivity (Wildman–Crippen MR) is 77.3 cm³/mol. The van der Waals surface area contributed by atoms with Crippen molar-refractivity contribution in [3.05, 3.63) is 20.3 Å². The molecule has 0 aromatic carbocycles. The van der Waals surface area contributed by atoms with E-state index in [2.05, 4.69) is 19.2 Å². The van der Waals surface area contributed by atoms with Crippen LogP contribution in [0.5, 0.6) is 0 Å². The number of rotatable bonds is 5. The van der Waals surface area contributed by atoms with E-state index < -0.39 is 0 Å². The first-order valence-corrected chi connectivity index (χ1v) is 7.82. The Hall–Kier alpha value is 0.240. The topological polar surface area (TPSA) is 12.0 Å². The lowest BCUT2D eigenvalue weighted by molar-refractivity contribution is 0.120. The molecule has 1 saturated carbocycles. The summed E-state index contributed by atoms with van der Waals surface area (Å²) in [6.45, 7) is 5.54. The lowest BCUT2D eigenvalue weighted by Crippen LogP contribution is -2.40. The third-order valence-electron chi connectivity index (χ3n) is 4.10. The summed E-state index contributed by atoms with van der Waals surface area (Å²) in [6, 6.07) is 2.27. The van der Waals surface area contributed by atoms with Gasteiger partial charge in [-0.05, 0) is 43.2 Å². The standard InChI is InChI=1S/C13H19Cl2NS/c1-3-13(5-4-6-13)8-16-9(2)10-7-11(14)17-12(10)15/h7,9,16H,3-6,8H2,1-2H3. The molecule has 1 aliphatic carbocycles. The van der Waals surface area contributed by atoms with Gasteiger partial charge in [0.25, 0.3) is 0 Å². The van der Waals surface area contributed by atoms with Crippen LogP contribution in [0.15, 0.2) is 6.07 Å². The maximum atomic E-state index is 6.17. The summed E-state index contributed by atoms with van der Waals surface area (Å²) in [4.78, 5) is 0. The molecule has 0 saturated heterocycles. The molecule has 0 amide bonds. The zero-order valence-electron chi connectivity index (χ0n) is 10.4. The van der Waals surface area contributed by atoms with Crippen LogP contribution in [-0.2, 0) is 0 Å². The number of thiophene rings is 1.